The zero-order valence-electron chi connectivity index (χ0n) is 8.39. The SMILES string of the molecule is C[C@@H](CCN)C(=O)OC(C)(C)C. The van der Waals surface area contributed by atoms with Crippen molar-refractivity contribution in [2.24, 2.45) is 11.7 Å². The third-order valence-electron chi connectivity index (χ3n) is 1.41. The summed E-state index contributed by atoms with van der Waals surface area (Å²) in [5.41, 5.74) is 4.93. The van der Waals surface area contributed by atoms with Gasteiger partial charge in [0.2, 0.25) is 0 Å². The standard InChI is InChI=1S/C9H19NO2/c1-7(5-6-10)8(11)12-9(2,3)4/h7H,5-6,10H2,1-4H3/t7-/m0/s1. The molecule has 72 valence electrons. The highest BCUT2D eigenvalue weighted by atomic mass is 16.6. The van der Waals surface area contributed by atoms with Gasteiger partial charge in [0.25, 0.3) is 0 Å². The lowest BCUT2D eigenvalue weighted by molar-refractivity contribution is -0.159. The van der Waals surface area contributed by atoms with E-state index < -0.39 is 0 Å². The molecular formula is C9H19NO2. The van der Waals surface area contributed by atoms with Gasteiger partial charge in [0.05, 0.1) is 5.92 Å². The van der Waals surface area contributed by atoms with Gasteiger partial charge in [-0.3, -0.25) is 4.79 Å². The molecule has 0 heterocycles. The molecular weight excluding hydrogens is 154 g/mol. The van der Waals surface area contributed by atoms with Crippen molar-refractivity contribution < 1.29 is 9.53 Å². The predicted molar refractivity (Wildman–Crippen MR) is 48.7 cm³/mol. The lowest BCUT2D eigenvalue weighted by Gasteiger charge is -2.21. The number of carbonyl (C=O) groups is 1. The summed E-state index contributed by atoms with van der Waals surface area (Å²) >= 11 is 0. The summed E-state index contributed by atoms with van der Waals surface area (Å²) in [5.74, 6) is -0.248. The van der Waals surface area contributed by atoms with E-state index in [1.54, 1.807) is 0 Å². The molecule has 0 aromatic heterocycles. The second-order valence-electron chi connectivity index (χ2n) is 4.01. The number of rotatable bonds is 3. The summed E-state index contributed by atoms with van der Waals surface area (Å²) in [4.78, 5) is 11.3. The summed E-state index contributed by atoms with van der Waals surface area (Å²) in [5, 5.41) is 0. The summed E-state index contributed by atoms with van der Waals surface area (Å²) in [7, 11) is 0. The molecule has 0 aliphatic rings. The summed E-state index contributed by atoms with van der Waals surface area (Å²) in [6.07, 6.45) is 0.689. The first kappa shape index (κ1) is 11.4. The zero-order chi connectivity index (χ0) is 9.78. The second-order valence-corrected chi connectivity index (χ2v) is 4.01. The van der Waals surface area contributed by atoms with Crippen molar-refractivity contribution in [3.05, 3.63) is 0 Å². The van der Waals surface area contributed by atoms with Crippen LogP contribution in [0.2, 0.25) is 0 Å². The van der Waals surface area contributed by atoms with E-state index >= 15 is 0 Å². The maximum absolute atomic E-state index is 11.3. The Morgan fingerprint density at radius 3 is 2.33 bits per heavy atom. The fourth-order valence-electron chi connectivity index (χ4n) is 0.770. The predicted octanol–water partition coefficient (Wildman–Crippen LogP) is 1.31. The Balaban J connectivity index is 3.87. The van der Waals surface area contributed by atoms with E-state index in [1.807, 2.05) is 27.7 Å². The Kier molecular flexibility index (Phi) is 4.24. The van der Waals surface area contributed by atoms with Gasteiger partial charge in [-0.25, -0.2) is 0 Å². The Morgan fingerprint density at radius 1 is 1.50 bits per heavy atom. The van der Waals surface area contributed by atoms with Gasteiger partial charge < -0.3 is 10.5 Å². The molecule has 0 fully saturated rings. The molecule has 0 amide bonds. The number of ether oxygens (including phenoxy) is 1. The van der Waals surface area contributed by atoms with Crippen molar-refractivity contribution in [1.82, 2.24) is 0 Å². The fraction of sp³-hybridized carbons (Fsp3) is 0.889. The Morgan fingerprint density at radius 2 is 2.00 bits per heavy atom. The minimum absolute atomic E-state index is 0.0887. The summed E-state index contributed by atoms with van der Waals surface area (Å²) in [6, 6.07) is 0. The van der Waals surface area contributed by atoms with Crippen LogP contribution in [0.25, 0.3) is 0 Å². The minimum atomic E-state index is -0.389. The smallest absolute Gasteiger partial charge is 0.309 e. The van der Waals surface area contributed by atoms with Crippen LogP contribution < -0.4 is 5.73 Å². The van der Waals surface area contributed by atoms with E-state index in [9.17, 15) is 4.79 Å². The highest BCUT2D eigenvalue weighted by Crippen LogP contribution is 2.12. The van der Waals surface area contributed by atoms with Crippen LogP contribution in [0.4, 0.5) is 0 Å². The largest absolute Gasteiger partial charge is 0.460 e. The quantitative estimate of drug-likeness (QED) is 0.655. The molecule has 0 saturated carbocycles. The van der Waals surface area contributed by atoms with Gasteiger partial charge in [0.15, 0.2) is 0 Å². The Labute approximate surface area is 74.3 Å². The number of hydrogen-bond donors (Lipinski definition) is 1. The lowest BCUT2D eigenvalue weighted by Crippen LogP contribution is -2.28. The van der Waals surface area contributed by atoms with Gasteiger partial charge in [0.1, 0.15) is 5.60 Å². The van der Waals surface area contributed by atoms with Crippen LogP contribution in [0, 0.1) is 5.92 Å². The molecule has 0 rings (SSSR count). The zero-order valence-corrected chi connectivity index (χ0v) is 8.39. The van der Waals surface area contributed by atoms with Crippen LogP contribution in [0.5, 0.6) is 0 Å². The third-order valence-corrected chi connectivity index (χ3v) is 1.41. The summed E-state index contributed by atoms with van der Waals surface area (Å²) < 4.78 is 5.16. The van der Waals surface area contributed by atoms with Crippen molar-refractivity contribution in [1.29, 1.82) is 0 Å². The maximum atomic E-state index is 11.3. The summed E-state index contributed by atoms with van der Waals surface area (Å²) in [6.45, 7) is 7.95. The molecule has 0 aliphatic carbocycles. The first-order chi connectivity index (χ1) is 5.37. The Hall–Kier alpha value is -0.570. The number of hydrogen-bond acceptors (Lipinski definition) is 3. The second kappa shape index (κ2) is 4.45. The highest BCUT2D eigenvalue weighted by Gasteiger charge is 2.20. The molecule has 1 atom stereocenters. The van der Waals surface area contributed by atoms with Gasteiger partial charge >= 0.3 is 5.97 Å². The number of carbonyl (C=O) groups excluding carboxylic acids is 1. The van der Waals surface area contributed by atoms with Crippen molar-refractivity contribution in [2.75, 3.05) is 6.54 Å². The fourth-order valence-corrected chi connectivity index (χ4v) is 0.770. The average Bonchev–Trinajstić information content (AvgIpc) is 1.84. The van der Waals surface area contributed by atoms with Crippen molar-refractivity contribution >= 4 is 5.97 Å². The molecule has 0 saturated heterocycles. The number of esters is 1. The van der Waals surface area contributed by atoms with E-state index in [-0.39, 0.29) is 17.5 Å². The molecule has 3 heteroatoms. The normalized spacial score (nSPS) is 14.1. The average molecular weight is 173 g/mol. The van der Waals surface area contributed by atoms with E-state index in [4.69, 9.17) is 10.5 Å². The maximum Gasteiger partial charge on any atom is 0.309 e. The van der Waals surface area contributed by atoms with Crippen LogP contribution in [0.1, 0.15) is 34.1 Å². The first-order valence-corrected chi connectivity index (χ1v) is 4.29. The topological polar surface area (TPSA) is 52.3 Å². The molecule has 0 spiro atoms. The van der Waals surface area contributed by atoms with E-state index in [0.717, 1.165) is 0 Å². The highest BCUT2D eigenvalue weighted by molar-refractivity contribution is 5.72. The van der Waals surface area contributed by atoms with E-state index in [1.165, 1.54) is 0 Å². The van der Waals surface area contributed by atoms with Gasteiger partial charge in [-0.1, -0.05) is 6.92 Å². The van der Waals surface area contributed by atoms with Crippen molar-refractivity contribution in [3.8, 4) is 0 Å². The van der Waals surface area contributed by atoms with Crippen molar-refractivity contribution in [2.45, 2.75) is 39.7 Å². The van der Waals surface area contributed by atoms with Gasteiger partial charge in [-0.15, -0.1) is 0 Å². The van der Waals surface area contributed by atoms with Gasteiger partial charge in [-0.2, -0.15) is 0 Å². The number of nitrogens with two attached hydrogens (primary N) is 1. The molecule has 0 unspecified atom stereocenters. The molecule has 0 aromatic carbocycles. The Bertz CT molecular complexity index is 149. The van der Waals surface area contributed by atoms with Crippen LogP contribution in [0.15, 0.2) is 0 Å². The molecule has 2 N–H and O–H groups in total. The van der Waals surface area contributed by atoms with Crippen LogP contribution >= 0.6 is 0 Å². The molecule has 12 heavy (non-hydrogen) atoms. The molecule has 3 nitrogen and oxygen atoms in total. The van der Waals surface area contributed by atoms with Crippen LogP contribution in [-0.4, -0.2) is 18.1 Å². The van der Waals surface area contributed by atoms with Gasteiger partial charge in [0, 0.05) is 0 Å². The molecule has 0 aromatic rings. The molecule has 0 radical (unpaired) electrons. The first-order valence-electron chi connectivity index (χ1n) is 4.29. The minimum Gasteiger partial charge on any atom is -0.460 e. The van der Waals surface area contributed by atoms with E-state index in [0.29, 0.717) is 13.0 Å². The van der Waals surface area contributed by atoms with Crippen LogP contribution in [0.3, 0.4) is 0 Å². The third kappa shape index (κ3) is 5.13. The van der Waals surface area contributed by atoms with Gasteiger partial charge in [-0.05, 0) is 33.7 Å². The molecule has 0 bridgehead atoms. The monoisotopic (exact) mass is 173 g/mol. The van der Waals surface area contributed by atoms with E-state index in [2.05, 4.69) is 0 Å². The lowest BCUT2D eigenvalue weighted by atomic mass is 10.1. The van der Waals surface area contributed by atoms with Crippen molar-refractivity contribution in [3.63, 3.8) is 0 Å². The van der Waals surface area contributed by atoms with Crippen LogP contribution in [-0.2, 0) is 9.53 Å². The molecule has 0 aliphatic heterocycles.